The van der Waals surface area contributed by atoms with Crippen molar-refractivity contribution in [1.29, 1.82) is 0 Å². The number of carbonyl (C=O) groups excluding carboxylic acids is 1. The van der Waals surface area contributed by atoms with Crippen LogP contribution >= 0.6 is 0 Å². The molecular weight excluding hydrogens is 302 g/mol. The van der Waals surface area contributed by atoms with Gasteiger partial charge in [0.1, 0.15) is 0 Å². The summed E-state index contributed by atoms with van der Waals surface area (Å²) in [5.74, 6) is 0.369. The quantitative estimate of drug-likeness (QED) is 0.886. The van der Waals surface area contributed by atoms with Gasteiger partial charge in [0.05, 0.1) is 28.5 Å². The lowest BCUT2D eigenvalue weighted by Gasteiger charge is -2.16. The lowest BCUT2D eigenvalue weighted by Crippen LogP contribution is -2.40. The second kappa shape index (κ2) is 6.40. The van der Waals surface area contributed by atoms with Crippen molar-refractivity contribution in [2.75, 3.05) is 5.75 Å². The minimum Gasteiger partial charge on any atom is -0.348 e. The van der Waals surface area contributed by atoms with Crippen molar-refractivity contribution in [3.8, 4) is 0 Å². The molecule has 0 radical (unpaired) electrons. The summed E-state index contributed by atoms with van der Waals surface area (Å²) in [4.78, 5) is 12.5. The standard InChI is InChI=1S/C15H25N3O3S/c1-5-14-12(8-16-18(14)9-10(2)3)15(19)17-13-6-7-22(20,21)11(13)4/h8,10-11,13H,5-7,9H2,1-4H3,(H,17,19)/t11-,13-/m0/s1. The molecule has 2 heterocycles. The van der Waals surface area contributed by atoms with Crippen LogP contribution in [0.4, 0.5) is 0 Å². The number of carbonyl (C=O) groups is 1. The van der Waals surface area contributed by atoms with E-state index in [9.17, 15) is 13.2 Å². The van der Waals surface area contributed by atoms with Gasteiger partial charge in [0.25, 0.3) is 5.91 Å². The van der Waals surface area contributed by atoms with Gasteiger partial charge in [-0.2, -0.15) is 5.10 Å². The second-order valence-electron chi connectivity index (χ2n) is 6.38. The molecule has 2 atom stereocenters. The number of amides is 1. The van der Waals surface area contributed by atoms with Crippen molar-refractivity contribution in [2.45, 2.75) is 58.4 Å². The minimum absolute atomic E-state index is 0.145. The van der Waals surface area contributed by atoms with Crippen molar-refractivity contribution in [3.05, 3.63) is 17.5 Å². The van der Waals surface area contributed by atoms with Crippen LogP contribution in [0.25, 0.3) is 0 Å². The summed E-state index contributed by atoms with van der Waals surface area (Å²) < 4.78 is 25.4. The smallest absolute Gasteiger partial charge is 0.255 e. The molecule has 0 saturated carbocycles. The zero-order chi connectivity index (χ0) is 16.5. The number of rotatable bonds is 5. The summed E-state index contributed by atoms with van der Waals surface area (Å²) in [6.07, 6.45) is 2.79. The van der Waals surface area contributed by atoms with Gasteiger partial charge in [-0.1, -0.05) is 20.8 Å². The zero-order valence-corrected chi connectivity index (χ0v) is 14.5. The Kier molecular flexibility index (Phi) is 4.94. The van der Waals surface area contributed by atoms with Gasteiger partial charge in [-0.3, -0.25) is 9.48 Å². The molecule has 7 heteroatoms. The van der Waals surface area contributed by atoms with E-state index >= 15 is 0 Å². The summed E-state index contributed by atoms with van der Waals surface area (Å²) in [5, 5.41) is 6.66. The highest BCUT2D eigenvalue weighted by molar-refractivity contribution is 7.92. The third-order valence-corrected chi connectivity index (χ3v) is 6.50. The van der Waals surface area contributed by atoms with Crippen molar-refractivity contribution in [1.82, 2.24) is 15.1 Å². The molecule has 1 fully saturated rings. The third-order valence-electron chi connectivity index (χ3n) is 4.23. The van der Waals surface area contributed by atoms with Crippen molar-refractivity contribution < 1.29 is 13.2 Å². The Balaban J connectivity index is 2.15. The van der Waals surface area contributed by atoms with Gasteiger partial charge in [0, 0.05) is 12.6 Å². The normalized spacial score (nSPS) is 23.9. The van der Waals surface area contributed by atoms with Gasteiger partial charge in [-0.05, 0) is 25.7 Å². The Morgan fingerprint density at radius 1 is 1.50 bits per heavy atom. The first-order valence-corrected chi connectivity index (χ1v) is 9.55. The number of aromatic nitrogens is 2. The van der Waals surface area contributed by atoms with Crippen LogP contribution in [-0.2, 0) is 22.8 Å². The van der Waals surface area contributed by atoms with E-state index in [0.29, 0.717) is 24.3 Å². The number of nitrogens with one attached hydrogen (secondary N) is 1. The fourth-order valence-corrected chi connectivity index (χ4v) is 4.53. The van der Waals surface area contributed by atoms with E-state index in [2.05, 4.69) is 24.3 Å². The van der Waals surface area contributed by atoms with Crippen LogP contribution in [0.15, 0.2) is 6.20 Å². The van der Waals surface area contributed by atoms with Crippen LogP contribution in [-0.4, -0.2) is 41.2 Å². The highest BCUT2D eigenvalue weighted by Crippen LogP contribution is 2.21. The SMILES string of the molecule is CCc1c(C(=O)N[C@H]2CCS(=O)(=O)[C@H]2C)cnn1CC(C)C. The maximum atomic E-state index is 12.5. The molecule has 0 unspecified atom stereocenters. The highest BCUT2D eigenvalue weighted by Gasteiger charge is 2.37. The Bertz CT molecular complexity index is 649. The van der Waals surface area contributed by atoms with Gasteiger partial charge in [-0.25, -0.2) is 8.42 Å². The van der Waals surface area contributed by atoms with E-state index in [-0.39, 0.29) is 17.7 Å². The summed E-state index contributed by atoms with van der Waals surface area (Å²) >= 11 is 0. The van der Waals surface area contributed by atoms with E-state index in [4.69, 9.17) is 0 Å². The number of hydrogen-bond donors (Lipinski definition) is 1. The van der Waals surface area contributed by atoms with Crippen LogP contribution in [0, 0.1) is 5.92 Å². The lowest BCUT2D eigenvalue weighted by molar-refractivity contribution is 0.0936. The third kappa shape index (κ3) is 3.34. The van der Waals surface area contributed by atoms with Gasteiger partial charge in [0.2, 0.25) is 0 Å². The molecule has 124 valence electrons. The Morgan fingerprint density at radius 3 is 2.68 bits per heavy atom. The molecule has 0 bridgehead atoms. The largest absolute Gasteiger partial charge is 0.348 e. The van der Waals surface area contributed by atoms with Crippen molar-refractivity contribution >= 4 is 15.7 Å². The molecule has 22 heavy (non-hydrogen) atoms. The molecular formula is C15H25N3O3S. The first kappa shape index (κ1) is 17.0. The minimum atomic E-state index is -3.06. The molecule has 6 nitrogen and oxygen atoms in total. The maximum Gasteiger partial charge on any atom is 0.255 e. The van der Waals surface area contributed by atoms with Crippen molar-refractivity contribution in [2.24, 2.45) is 5.92 Å². The molecule has 2 rings (SSSR count). The van der Waals surface area contributed by atoms with Gasteiger partial charge >= 0.3 is 0 Å². The van der Waals surface area contributed by atoms with E-state index < -0.39 is 15.1 Å². The van der Waals surface area contributed by atoms with E-state index in [0.717, 1.165) is 12.2 Å². The fraction of sp³-hybridized carbons (Fsp3) is 0.733. The molecule has 1 N–H and O–H groups in total. The topological polar surface area (TPSA) is 81.1 Å². The monoisotopic (exact) mass is 327 g/mol. The first-order chi connectivity index (χ1) is 10.3. The Morgan fingerprint density at radius 2 is 2.18 bits per heavy atom. The summed E-state index contributed by atoms with van der Waals surface area (Å²) in [6.45, 7) is 8.63. The van der Waals surface area contributed by atoms with Crippen LogP contribution < -0.4 is 5.32 Å². The van der Waals surface area contributed by atoms with Crippen LogP contribution in [0.5, 0.6) is 0 Å². The molecule has 1 aliphatic heterocycles. The second-order valence-corrected chi connectivity index (χ2v) is 8.85. The maximum absolute atomic E-state index is 12.5. The summed E-state index contributed by atoms with van der Waals surface area (Å²) in [5.41, 5.74) is 1.46. The number of hydrogen-bond acceptors (Lipinski definition) is 4. The predicted molar refractivity (Wildman–Crippen MR) is 85.6 cm³/mol. The Labute approximate surface area is 132 Å². The first-order valence-electron chi connectivity index (χ1n) is 7.83. The molecule has 1 saturated heterocycles. The van der Waals surface area contributed by atoms with E-state index in [1.54, 1.807) is 13.1 Å². The van der Waals surface area contributed by atoms with Gasteiger partial charge in [0.15, 0.2) is 9.84 Å². The molecule has 0 aromatic carbocycles. The molecule has 0 spiro atoms. The molecule has 1 aromatic rings. The Hall–Kier alpha value is -1.37. The molecule has 1 amide bonds. The van der Waals surface area contributed by atoms with Crippen LogP contribution in [0.3, 0.4) is 0 Å². The summed E-state index contributed by atoms with van der Waals surface area (Å²) in [7, 11) is -3.06. The molecule has 1 aromatic heterocycles. The number of sulfone groups is 1. The van der Waals surface area contributed by atoms with Gasteiger partial charge in [-0.15, -0.1) is 0 Å². The predicted octanol–water partition coefficient (Wildman–Crippen LogP) is 1.41. The molecule has 0 aliphatic carbocycles. The lowest BCUT2D eigenvalue weighted by atomic mass is 10.1. The van der Waals surface area contributed by atoms with Crippen molar-refractivity contribution in [3.63, 3.8) is 0 Å². The highest BCUT2D eigenvalue weighted by atomic mass is 32.2. The van der Waals surface area contributed by atoms with E-state index in [1.807, 2.05) is 11.6 Å². The summed E-state index contributed by atoms with van der Waals surface area (Å²) in [6, 6.07) is -0.310. The number of nitrogens with zero attached hydrogens (tertiary/aromatic N) is 2. The average Bonchev–Trinajstić information content (AvgIpc) is 2.94. The van der Waals surface area contributed by atoms with E-state index in [1.165, 1.54) is 0 Å². The van der Waals surface area contributed by atoms with Crippen LogP contribution in [0.2, 0.25) is 0 Å². The fourth-order valence-electron chi connectivity index (χ4n) is 2.87. The molecule has 1 aliphatic rings. The van der Waals surface area contributed by atoms with Crippen LogP contribution in [0.1, 0.15) is 50.2 Å². The van der Waals surface area contributed by atoms with Gasteiger partial charge < -0.3 is 5.32 Å². The zero-order valence-electron chi connectivity index (χ0n) is 13.7. The average molecular weight is 327 g/mol.